The smallest absolute Gasteiger partial charge is 0.251 e. The van der Waals surface area contributed by atoms with E-state index in [9.17, 15) is 9.59 Å². The maximum absolute atomic E-state index is 12.8. The van der Waals surface area contributed by atoms with Gasteiger partial charge in [-0.05, 0) is 47.5 Å². The summed E-state index contributed by atoms with van der Waals surface area (Å²) >= 11 is 0. The third kappa shape index (κ3) is 4.52. The molecule has 0 aliphatic carbocycles. The maximum atomic E-state index is 12.8. The topological polar surface area (TPSA) is 112 Å². The van der Waals surface area contributed by atoms with Gasteiger partial charge in [-0.1, -0.05) is 24.3 Å². The van der Waals surface area contributed by atoms with Gasteiger partial charge in [0.25, 0.3) is 5.91 Å². The molecule has 34 heavy (non-hydrogen) atoms. The summed E-state index contributed by atoms with van der Waals surface area (Å²) in [6.07, 6.45) is 5.58. The summed E-state index contributed by atoms with van der Waals surface area (Å²) in [5, 5.41) is 7.20. The first-order valence-electron chi connectivity index (χ1n) is 11.0. The zero-order chi connectivity index (χ0) is 23.5. The van der Waals surface area contributed by atoms with Gasteiger partial charge in [0.15, 0.2) is 0 Å². The number of aromatic nitrogens is 3. The largest absolute Gasteiger partial charge is 0.487 e. The summed E-state index contributed by atoms with van der Waals surface area (Å²) in [6, 6.07) is 18.7. The molecule has 5 rings (SSSR count). The van der Waals surface area contributed by atoms with Gasteiger partial charge in [0.05, 0.1) is 24.3 Å². The highest BCUT2D eigenvalue weighted by atomic mass is 16.5. The fourth-order valence-electron chi connectivity index (χ4n) is 4.05. The van der Waals surface area contributed by atoms with Crippen molar-refractivity contribution in [1.82, 2.24) is 20.1 Å². The number of hydrogen-bond donors (Lipinski definition) is 2. The number of hydrogen-bond acceptors (Lipinski definition) is 5. The van der Waals surface area contributed by atoms with E-state index in [0.29, 0.717) is 36.3 Å². The number of carbonyl (C=O) groups excluding carboxylic acids is 2. The Bertz CT molecular complexity index is 1330. The van der Waals surface area contributed by atoms with Crippen LogP contribution in [0.4, 0.5) is 0 Å². The number of benzene rings is 2. The number of para-hydroxylation sites is 1. The fourth-order valence-corrected chi connectivity index (χ4v) is 4.05. The molecular formula is C26H23N5O3. The molecule has 1 atom stereocenters. The van der Waals surface area contributed by atoms with Crippen molar-refractivity contribution >= 4 is 11.8 Å². The van der Waals surface area contributed by atoms with Crippen LogP contribution in [0.5, 0.6) is 5.75 Å². The van der Waals surface area contributed by atoms with Crippen LogP contribution >= 0.6 is 0 Å². The Labute approximate surface area is 196 Å². The number of pyridine rings is 1. The van der Waals surface area contributed by atoms with Gasteiger partial charge in [-0.15, -0.1) is 0 Å². The Hall–Kier alpha value is -4.46. The Kier molecular flexibility index (Phi) is 5.78. The molecule has 170 valence electrons. The molecule has 0 fully saturated rings. The minimum Gasteiger partial charge on any atom is -0.487 e. The summed E-state index contributed by atoms with van der Waals surface area (Å²) in [4.78, 5) is 28.4. The molecule has 3 heterocycles. The zero-order valence-corrected chi connectivity index (χ0v) is 18.3. The highest BCUT2D eigenvalue weighted by Crippen LogP contribution is 2.37. The van der Waals surface area contributed by atoms with E-state index >= 15 is 0 Å². The third-order valence-corrected chi connectivity index (χ3v) is 5.74. The lowest BCUT2D eigenvalue weighted by molar-refractivity contribution is 0.0932. The second-order valence-corrected chi connectivity index (χ2v) is 8.15. The predicted octanol–water partition coefficient (Wildman–Crippen LogP) is 2.83. The van der Waals surface area contributed by atoms with E-state index < -0.39 is 5.91 Å². The van der Waals surface area contributed by atoms with E-state index in [0.717, 1.165) is 22.4 Å². The number of amides is 2. The van der Waals surface area contributed by atoms with Gasteiger partial charge < -0.3 is 15.8 Å². The Morgan fingerprint density at radius 3 is 2.74 bits per heavy atom. The normalized spacial score (nSPS) is 14.3. The fraction of sp³-hybridized carbons (Fsp3) is 0.154. The van der Waals surface area contributed by atoms with Gasteiger partial charge in [0.1, 0.15) is 11.9 Å². The van der Waals surface area contributed by atoms with Crippen LogP contribution < -0.4 is 15.8 Å². The van der Waals surface area contributed by atoms with E-state index in [1.807, 2.05) is 53.3 Å². The van der Waals surface area contributed by atoms with E-state index in [-0.39, 0.29) is 12.0 Å². The molecule has 0 saturated heterocycles. The minimum atomic E-state index is -0.517. The lowest BCUT2D eigenvalue weighted by Gasteiger charge is -2.14. The van der Waals surface area contributed by atoms with Crippen molar-refractivity contribution in [3.63, 3.8) is 0 Å². The molecule has 0 spiro atoms. The average molecular weight is 454 g/mol. The molecule has 0 radical (unpaired) electrons. The second-order valence-electron chi connectivity index (χ2n) is 8.15. The van der Waals surface area contributed by atoms with Crippen LogP contribution in [0, 0.1) is 0 Å². The van der Waals surface area contributed by atoms with Crippen LogP contribution in [0.2, 0.25) is 0 Å². The van der Waals surface area contributed by atoms with Crippen LogP contribution in [0.1, 0.15) is 31.8 Å². The summed E-state index contributed by atoms with van der Waals surface area (Å²) in [5.41, 5.74) is 9.85. The average Bonchev–Trinajstić information content (AvgIpc) is 3.52. The molecule has 2 amide bonds. The SMILES string of the molecule is NC(=O)c1ccc(-c2cccc3c2O[C@H](CNC(=O)c2cccc(Cn4cccn4)c2)C3)nc1. The molecule has 0 bridgehead atoms. The lowest BCUT2D eigenvalue weighted by Crippen LogP contribution is -2.34. The number of primary amides is 1. The number of nitrogens with one attached hydrogen (secondary N) is 1. The lowest BCUT2D eigenvalue weighted by atomic mass is 10.0. The highest BCUT2D eigenvalue weighted by Gasteiger charge is 2.26. The predicted molar refractivity (Wildman–Crippen MR) is 126 cm³/mol. The van der Waals surface area contributed by atoms with Crippen molar-refractivity contribution in [2.24, 2.45) is 5.73 Å². The van der Waals surface area contributed by atoms with Crippen LogP contribution in [-0.4, -0.2) is 39.2 Å². The first-order chi connectivity index (χ1) is 16.6. The van der Waals surface area contributed by atoms with E-state index in [1.54, 1.807) is 24.4 Å². The van der Waals surface area contributed by atoms with Gasteiger partial charge in [-0.2, -0.15) is 5.10 Å². The summed E-state index contributed by atoms with van der Waals surface area (Å²) in [6.45, 7) is 0.983. The molecule has 0 saturated carbocycles. The van der Waals surface area contributed by atoms with Gasteiger partial charge in [-0.25, -0.2) is 0 Å². The molecule has 2 aromatic carbocycles. The van der Waals surface area contributed by atoms with Gasteiger partial charge >= 0.3 is 0 Å². The van der Waals surface area contributed by atoms with Crippen molar-refractivity contribution in [2.45, 2.75) is 19.1 Å². The molecule has 8 heteroatoms. The molecule has 4 aromatic rings. The van der Waals surface area contributed by atoms with Crippen molar-refractivity contribution in [3.8, 4) is 17.0 Å². The highest BCUT2D eigenvalue weighted by molar-refractivity contribution is 5.94. The van der Waals surface area contributed by atoms with E-state index in [2.05, 4.69) is 15.4 Å². The first-order valence-corrected chi connectivity index (χ1v) is 11.0. The minimum absolute atomic E-state index is 0.147. The van der Waals surface area contributed by atoms with Crippen molar-refractivity contribution in [1.29, 1.82) is 0 Å². The van der Waals surface area contributed by atoms with Crippen LogP contribution in [0.25, 0.3) is 11.3 Å². The number of rotatable bonds is 7. The molecule has 2 aromatic heterocycles. The first kappa shape index (κ1) is 21.4. The van der Waals surface area contributed by atoms with Gasteiger partial charge in [0.2, 0.25) is 5.91 Å². The summed E-state index contributed by atoms with van der Waals surface area (Å²) in [7, 11) is 0. The standard InChI is InChI=1S/C26H23N5O3/c27-25(32)20-8-9-23(28-14-20)22-7-2-5-18-13-21(34-24(18)22)15-29-26(33)19-6-1-4-17(12-19)16-31-11-3-10-30-31/h1-12,14,21H,13,15-16H2,(H2,27,32)(H,29,33)/t21-/m0/s1. The van der Waals surface area contributed by atoms with Crippen LogP contribution in [0.3, 0.4) is 0 Å². The molecule has 1 aliphatic rings. The summed E-state index contributed by atoms with van der Waals surface area (Å²) < 4.78 is 8.01. The van der Waals surface area contributed by atoms with Crippen molar-refractivity contribution in [3.05, 3.63) is 102 Å². The van der Waals surface area contributed by atoms with Gasteiger partial charge in [-0.3, -0.25) is 19.3 Å². The molecule has 0 unspecified atom stereocenters. The van der Waals surface area contributed by atoms with Crippen molar-refractivity contribution in [2.75, 3.05) is 6.54 Å². The quantitative estimate of drug-likeness (QED) is 0.447. The molecule has 3 N–H and O–H groups in total. The number of nitrogens with two attached hydrogens (primary N) is 1. The summed E-state index contributed by atoms with van der Waals surface area (Å²) in [5.74, 6) is 0.0874. The van der Waals surface area contributed by atoms with E-state index in [1.165, 1.54) is 6.20 Å². The number of fused-ring (bicyclic) bond motifs is 1. The third-order valence-electron chi connectivity index (χ3n) is 5.74. The number of ether oxygens (including phenoxy) is 1. The monoisotopic (exact) mass is 453 g/mol. The van der Waals surface area contributed by atoms with E-state index in [4.69, 9.17) is 10.5 Å². The number of carbonyl (C=O) groups is 2. The second kappa shape index (κ2) is 9.19. The van der Waals surface area contributed by atoms with Crippen molar-refractivity contribution < 1.29 is 14.3 Å². The van der Waals surface area contributed by atoms with Crippen LogP contribution in [0.15, 0.2) is 79.3 Å². The Morgan fingerprint density at radius 1 is 1.09 bits per heavy atom. The van der Waals surface area contributed by atoms with Gasteiger partial charge in [0, 0.05) is 36.1 Å². The Morgan fingerprint density at radius 2 is 1.97 bits per heavy atom. The molecular weight excluding hydrogens is 430 g/mol. The number of nitrogens with zero attached hydrogens (tertiary/aromatic N) is 3. The Balaban J connectivity index is 1.24. The van der Waals surface area contributed by atoms with Crippen LogP contribution in [-0.2, 0) is 13.0 Å². The molecule has 8 nitrogen and oxygen atoms in total. The zero-order valence-electron chi connectivity index (χ0n) is 18.3. The molecule has 1 aliphatic heterocycles. The maximum Gasteiger partial charge on any atom is 0.251 e.